The fourth-order valence-electron chi connectivity index (χ4n) is 2.78. The Morgan fingerprint density at radius 3 is 2.71 bits per heavy atom. The van der Waals surface area contributed by atoms with Gasteiger partial charge in [0.2, 0.25) is 10.0 Å². The highest BCUT2D eigenvalue weighted by atomic mass is 32.2. The molecule has 1 aliphatic carbocycles. The summed E-state index contributed by atoms with van der Waals surface area (Å²) in [5, 5.41) is 2.56. The lowest BCUT2D eigenvalue weighted by atomic mass is 10.0. The van der Waals surface area contributed by atoms with Gasteiger partial charge in [0.1, 0.15) is 5.69 Å². The molecule has 1 aromatic rings. The van der Waals surface area contributed by atoms with Gasteiger partial charge in [0.25, 0.3) is 5.91 Å². The highest BCUT2D eigenvalue weighted by molar-refractivity contribution is 7.88. The first-order valence-corrected chi connectivity index (χ1v) is 9.25. The lowest BCUT2D eigenvalue weighted by molar-refractivity contribution is -0.138. The number of halogens is 3. The Morgan fingerprint density at radius 1 is 1.38 bits per heavy atom. The van der Waals surface area contributed by atoms with Crippen LogP contribution in [-0.2, 0) is 16.2 Å². The molecule has 24 heavy (non-hydrogen) atoms. The minimum atomic E-state index is -4.67. The predicted molar refractivity (Wildman–Crippen MR) is 80.7 cm³/mol. The van der Waals surface area contributed by atoms with Crippen LogP contribution in [0.15, 0.2) is 18.3 Å². The number of hydrogen-bond acceptors (Lipinski definition) is 4. The van der Waals surface area contributed by atoms with Crippen LogP contribution in [0.3, 0.4) is 0 Å². The minimum absolute atomic E-state index is 0.137. The summed E-state index contributed by atoms with van der Waals surface area (Å²) in [5.41, 5.74) is -1.77. The quantitative estimate of drug-likeness (QED) is 0.829. The zero-order valence-electron chi connectivity index (χ0n) is 12.9. The molecule has 134 valence electrons. The van der Waals surface area contributed by atoms with Crippen molar-refractivity contribution in [2.75, 3.05) is 12.8 Å². The number of sulfonamides is 1. The number of nitrogens with zero attached hydrogens (tertiary/aromatic N) is 1. The second-order valence-corrected chi connectivity index (χ2v) is 7.62. The number of rotatable bonds is 5. The Bertz CT molecular complexity index is 707. The van der Waals surface area contributed by atoms with E-state index in [4.69, 9.17) is 0 Å². The molecular weight excluding hydrogens is 347 g/mol. The monoisotopic (exact) mass is 365 g/mol. The largest absolute Gasteiger partial charge is 0.418 e. The van der Waals surface area contributed by atoms with Crippen molar-refractivity contribution in [3.63, 3.8) is 0 Å². The van der Waals surface area contributed by atoms with Crippen molar-refractivity contribution in [3.05, 3.63) is 29.6 Å². The zero-order valence-corrected chi connectivity index (χ0v) is 13.7. The first-order chi connectivity index (χ1) is 11.1. The highest BCUT2D eigenvalue weighted by Gasteiger charge is 2.37. The number of amides is 1. The Labute approximate surface area is 137 Å². The van der Waals surface area contributed by atoms with Gasteiger partial charge in [-0.3, -0.25) is 9.78 Å². The third kappa shape index (κ3) is 4.91. The molecule has 10 heteroatoms. The minimum Gasteiger partial charge on any atom is -0.348 e. The van der Waals surface area contributed by atoms with E-state index in [2.05, 4.69) is 15.0 Å². The molecule has 0 radical (unpaired) electrons. The van der Waals surface area contributed by atoms with Gasteiger partial charge in [-0.1, -0.05) is 6.42 Å². The van der Waals surface area contributed by atoms with Crippen LogP contribution in [0.1, 0.15) is 35.3 Å². The molecule has 1 heterocycles. The van der Waals surface area contributed by atoms with Gasteiger partial charge in [0, 0.05) is 18.8 Å². The SMILES string of the molecule is CS(=O)(=O)NCC1CCCC1NC(=O)c1ncccc1C(F)(F)F. The van der Waals surface area contributed by atoms with Crippen LogP contribution in [0.5, 0.6) is 0 Å². The van der Waals surface area contributed by atoms with E-state index in [0.717, 1.165) is 31.0 Å². The number of carbonyl (C=O) groups excluding carboxylic acids is 1. The number of aromatic nitrogens is 1. The molecule has 2 N–H and O–H groups in total. The normalized spacial score (nSPS) is 21.7. The second kappa shape index (κ2) is 7.06. The van der Waals surface area contributed by atoms with Gasteiger partial charge in [-0.25, -0.2) is 13.1 Å². The molecule has 1 aromatic heterocycles. The fourth-order valence-corrected chi connectivity index (χ4v) is 3.30. The van der Waals surface area contributed by atoms with Crippen LogP contribution in [0.4, 0.5) is 13.2 Å². The molecule has 1 aliphatic rings. The Morgan fingerprint density at radius 2 is 2.08 bits per heavy atom. The number of hydrogen-bond donors (Lipinski definition) is 2. The molecule has 2 atom stereocenters. The predicted octanol–water partition coefficient (Wildman–Crippen LogP) is 1.55. The maximum Gasteiger partial charge on any atom is 0.418 e. The van der Waals surface area contributed by atoms with Crippen LogP contribution in [0.2, 0.25) is 0 Å². The summed E-state index contributed by atoms with van der Waals surface area (Å²) in [4.78, 5) is 15.8. The van der Waals surface area contributed by atoms with Gasteiger partial charge < -0.3 is 5.32 Å². The van der Waals surface area contributed by atoms with Gasteiger partial charge in [0.05, 0.1) is 11.8 Å². The zero-order chi connectivity index (χ0) is 18.0. The second-order valence-electron chi connectivity index (χ2n) is 5.79. The molecule has 1 saturated carbocycles. The first-order valence-electron chi connectivity index (χ1n) is 7.35. The van der Waals surface area contributed by atoms with Crippen molar-refractivity contribution in [3.8, 4) is 0 Å². The summed E-state index contributed by atoms with van der Waals surface area (Å²) in [6, 6.07) is 1.53. The average Bonchev–Trinajstić information content (AvgIpc) is 2.90. The molecule has 6 nitrogen and oxygen atoms in total. The highest BCUT2D eigenvalue weighted by Crippen LogP contribution is 2.31. The molecular formula is C14H18F3N3O3S. The van der Waals surface area contributed by atoms with Gasteiger partial charge >= 0.3 is 6.18 Å². The molecule has 0 saturated heterocycles. The number of alkyl halides is 3. The van der Waals surface area contributed by atoms with E-state index >= 15 is 0 Å². The van der Waals surface area contributed by atoms with Crippen molar-refractivity contribution in [1.29, 1.82) is 0 Å². The fraction of sp³-hybridized carbons (Fsp3) is 0.571. The van der Waals surface area contributed by atoms with E-state index < -0.39 is 39.4 Å². The van der Waals surface area contributed by atoms with Gasteiger partial charge in [-0.15, -0.1) is 0 Å². The average molecular weight is 365 g/mol. The van der Waals surface area contributed by atoms with Crippen LogP contribution in [0.25, 0.3) is 0 Å². The number of carbonyl (C=O) groups is 1. The van der Waals surface area contributed by atoms with Crippen molar-refractivity contribution >= 4 is 15.9 Å². The van der Waals surface area contributed by atoms with Crippen molar-refractivity contribution in [2.24, 2.45) is 5.92 Å². The van der Waals surface area contributed by atoms with Gasteiger partial charge in [-0.2, -0.15) is 13.2 Å². The van der Waals surface area contributed by atoms with Crippen LogP contribution in [-0.4, -0.2) is 38.2 Å². The molecule has 2 unspecified atom stereocenters. The molecule has 1 fully saturated rings. The summed E-state index contributed by atoms with van der Waals surface area (Å²) in [5.74, 6) is -1.07. The van der Waals surface area contributed by atoms with Crippen molar-refractivity contribution < 1.29 is 26.4 Å². The Balaban J connectivity index is 2.09. The molecule has 1 amide bonds. The summed E-state index contributed by atoms with van der Waals surface area (Å²) >= 11 is 0. The topological polar surface area (TPSA) is 88.2 Å². The van der Waals surface area contributed by atoms with Gasteiger partial charge in [-0.05, 0) is 30.9 Å². The maximum atomic E-state index is 13.0. The van der Waals surface area contributed by atoms with Crippen LogP contribution in [0, 0.1) is 5.92 Å². The molecule has 0 aromatic carbocycles. The van der Waals surface area contributed by atoms with Gasteiger partial charge in [0.15, 0.2) is 0 Å². The maximum absolute atomic E-state index is 13.0. The number of nitrogens with one attached hydrogen (secondary N) is 2. The lowest BCUT2D eigenvalue weighted by Gasteiger charge is -2.21. The van der Waals surface area contributed by atoms with Crippen molar-refractivity contribution in [1.82, 2.24) is 15.0 Å². The Hall–Kier alpha value is -1.68. The molecule has 0 aliphatic heterocycles. The van der Waals surface area contributed by atoms with E-state index in [-0.39, 0.29) is 12.5 Å². The van der Waals surface area contributed by atoms with Crippen LogP contribution < -0.4 is 10.0 Å². The number of pyridine rings is 1. The third-order valence-corrected chi connectivity index (χ3v) is 4.60. The summed E-state index contributed by atoms with van der Waals surface area (Å²) in [6.07, 6.45) is -0.498. The smallest absolute Gasteiger partial charge is 0.348 e. The van der Waals surface area contributed by atoms with E-state index in [9.17, 15) is 26.4 Å². The van der Waals surface area contributed by atoms with E-state index in [0.29, 0.717) is 12.8 Å². The summed E-state index contributed by atoms with van der Waals surface area (Å²) < 4.78 is 63.6. The summed E-state index contributed by atoms with van der Waals surface area (Å²) in [7, 11) is -3.37. The van der Waals surface area contributed by atoms with E-state index in [1.54, 1.807) is 0 Å². The van der Waals surface area contributed by atoms with Crippen LogP contribution >= 0.6 is 0 Å². The summed E-state index contributed by atoms with van der Waals surface area (Å²) in [6.45, 7) is 0.137. The van der Waals surface area contributed by atoms with E-state index in [1.807, 2.05) is 0 Å². The molecule has 0 spiro atoms. The third-order valence-electron chi connectivity index (χ3n) is 3.91. The first kappa shape index (κ1) is 18.7. The molecule has 2 rings (SSSR count). The standard InChI is InChI=1S/C14H18F3N3O3S/c1-24(22,23)19-8-9-4-2-6-11(9)20-13(21)12-10(14(15,16)17)5-3-7-18-12/h3,5,7,9,11,19H,2,4,6,8H2,1H3,(H,20,21). The van der Waals surface area contributed by atoms with Crippen molar-refractivity contribution in [2.45, 2.75) is 31.5 Å². The van der Waals surface area contributed by atoms with E-state index in [1.165, 1.54) is 0 Å². The Kier molecular flexibility index (Phi) is 5.49. The molecule has 0 bridgehead atoms. The lowest BCUT2D eigenvalue weighted by Crippen LogP contribution is -2.42.